The van der Waals surface area contributed by atoms with Crippen LogP contribution in [0.3, 0.4) is 0 Å². The maximum Gasteiger partial charge on any atom is 0.270 e. The molecule has 16 heavy (non-hydrogen) atoms. The summed E-state index contributed by atoms with van der Waals surface area (Å²) in [5.74, 6) is -0.108. The van der Waals surface area contributed by atoms with E-state index >= 15 is 0 Å². The zero-order valence-electron chi connectivity index (χ0n) is 10.1. The average Bonchev–Trinajstić information content (AvgIpc) is 2.24. The van der Waals surface area contributed by atoms with Crippen LogP contribution in [-0.2, 0) is 0 Å². The summed E-state index contributed by atoms with van der Waals surface area (Å²) in [7, 11) is 0. The molecule has 1 aromatic rings. The van der Waals surface area contributed by atoms with Crippen molar-refractivity contribution in [2.75, 3.05) is 13.1 Å². The lowest BCUT2D eigenvalue weighted by molar-refractivity contribution is 0.0948. The zero-order chi connectivity index (χ0) is 12.0. The molecule has 0 atom stereocenters. The topological polar surface area (TPSA) is 54.0 Å². The van der Waals surface area contributed by atoms with Crippen molar-refractivity contribution in [2.24, 2.45) is 0 Å². The third-order valence-electron chi connectivity index (χ3n) is 2.19. The van der Waals surface area contributed by atoms with Gasteiger partial charge in [-0.2, -0.15) is 0 Å². The van der Waals surface area contributed by atoms with Crippen LogP contribution in [0.1, 0.15) is 29.9 Å². The smallest absolute Gasteiger partial charge is 0.270 e. The Kier molecular flexibility index (Phi) is 4.92. The Bertz CT molecular complexity index is 350. The molecule has 4 heteroatoms. The lowest BCUT2D eigenvalue weighted by Gasteiger charge is -2.09. The molecule has 1 amide bonds. The molecule has 1 aromatic heterocycles. The molecule has 0 unspecified atom stereocenters. The van der Waals surface area contributed by atoms with Crippen molar-refractivity contribution in [1.82, 2.24) is 15.6 Å². The number of hydrogen-bond donors (Lipinski definition) is 2. The number of carbonyl (C=O) groups excluding carboxylic acids is 1. The number of aromatic nitrogens is 1. The first-order valence-electron chi connectivity index (χ1n) is 5.54. The molecule has 0 aliphatic rings. The summed E-state index contributed by atoms with van der Waals surface area (Å²) in [6, 6.07) is 4.15. The minimum absolute atomic E-state index is 0.108. The van der Waals surface area contributed by atoms with Crippen LogP contribution in [0.25, 0.3) is 0 Å². The summed E-state index contributed by atoms with van der Waals surface area (Å²) < 4.78 is 0. The van der Waals surface area contributed by atoms with Gasteiger partial charge in [-0.1, -0.05) is 19.9 Å². The Morgan fingerprint density at radius 1 is 1.44 bits per heavy atom. The van der Waals surface area contributed by atoms with E-state index in [0.717, 1.165) is 12.1 Å². The first kappa shape index (κ1) is 12.6. The molecule has 0 radical (unpaired) electrons. The molecule has 0 saturated heterocycles. The predicted molar refractivity (Wildman–Crippen MR) is 64.4 cm³/mol. The summed E-state index contributed by atoms with van der Waals surface area (Å²) in [6.07, 6.45) is 1.63. The maximum atomic E-state index is 11.7. The first-order valence-corrected chi connectivity index (χ1v) is 5.54. The number of nitrogens with zero attached hydrogens (tertiary/aromatic N) is 1. The summed E-state index contributed by atoms with van der Waals surface area (Å²) in [5, 5.41) is 6.06. The van der Waals surface area contributed by atoms with Crippen LogP contribution in [0, 0.1) is 6.92 Å². The Morgan fingerprint density at radius 2 is 2.19 bits per heavy atom. The Balaban J connectivity index is 2.39. The molecule has 4 nitrogen and oxygen atoms in total. The highest BCUT2D eigenvalue weighted by Crippen LogP contribution is 2.01. The van der Waals surface area contributed by atoms with Crippen molar-refractivity contribution in [3.63, 3.8) is 0 Å². The van der Waals surface area contributed by atoms with E-state index < -0.39 is 0 Å². The van der Waals surface area contributed by atoms with Crippen molar-refractivity contribution >= 4 is 5.91 Å². The van der Waals surface area contributed by atoms with Gasteiger partial charge < -0.3 is 10.6 Å². The molecule has 0 aliphatic heterocycles. The average molecular weight is 221 g/mol. The highest BCUT2D eigenvalue weighted by Gasteiger charge is 2.08. The minimum Gasteiger partial charge on any atom is -0.349 e. The highest BCUT2D eigenvalue weighted by molar-refractivity contribution is 5.93. The number of pyridine rings is 1. The van der Waals surface area contributed by atoms with Crippen molar-refractivity contribution in [3.8, 4) is 0 Å². The maximum absolute atomic E-state index is 11.7. The Morgan fingerprint density at radius 3 is 2.81 bits per heavy atom. The summed E-state index contributed by atoms with van der Waals surface area (Å²) in [6.45, 7) is 7.42. The van der Waals surface area contributed by atoms with Gasteiger partial charge in [0.05, 0.1) is 0 Å². The third-order valence-corrected chi connectivity index (χ3v) is 2.19. The van der Waals surface area contributed by atoms with Crippen molar-refractivity contribution in [2.45, 2.75) is 26.8 Å². The van der Waals surface area contributed by atoms with Gasteiger partial charge in [-0.15, -0.1) is 0 Å². The van der Waals surface area contributed by atoms with E-state index in [-0.39, 0.29) is 5.91 Å². The molecule has 88 valence electrons. The van der Waals surface area contributed by atoms with E-state index in [9.17, 15) is 4.79 Å². The number of nitrogens with one attached hydrogen (secondary N) is 2. The van der Waals surface area contributed by atoms with Crippen LogP contribution >= 0.6 is 0 Å². The van der Waals surface area contributed by atoms with Gasteiger partial charge in [-0.3, -0.25) is 9.78 Å². The summed E-state index contributed by atoms with van der Waals surface area (Å²) in [4.78, 5) is 15.8. The number of aryl methyl sites for hydroxylation is 1. The predicted octanol–water partition coefficient (Wildman–Crippen LogP) is 1.12. The summed E-state index contributed by atoms with van der Waals surface area (Å²) in [5.41, 5.74) is 1.41. The van der Waals surface area contributed by atoms with Crippen LogP contribution in [0.15, 0.2) is 18.3 Å². The molecule has 1 heterocycles. The fourth-order valence-corrected chi connectivity index (χ4v) is 1.34. The molecule has 0 bridgehead atoms. The Hall–Kier alpha value is -1.42. The minimum atomic E-state index is -0.108. The van der Waals surface area contributed by atoms with Gasteiger partial charge in [0.1, 0.15) is 5.69 Å². The van der Waals surface area contributed by atoms with Crippen LogP contribution in [0.2, 0.25) is 0 Å². The third kappa shape index (κ3) is 3.98. The van der Waals surface area contributed by atoms with Crippen LogP contribution in [-0.4, -0.2) is 30.0 Å². The second kappa shape index (κ2) is 6.23. The molecule has 0 spiro atoms. The van der Waals surface area contributed by atoms with E-state index in [0.29, 0.717) is 18.3 Å². The fourth-order valence-electron chi connectivity index (χ4n) is 1.34. The fraction of sp³-hybridized carbons (Fsp3) is 0.500. The largest absolute Gasteiger partial charge is 0.349 e. The highest BCUT2D eigenvalue weighted by atomic mass is 16.1. The van der Waals surface area contributed by atoms with Crippen molar-refractivity contribution < 1.29 is 4.79 Å². The van der Waals surface area contributed by atoms with Gasteiger partial charge in [-0.05, 0) is 18.6 Å². The van der Waals surface area contributed by atoms with E-state index in [2.05, 4.69) is 29.5 Å². The van der Waals surface area contributed by atoms with E-state index in [1.165, 1.54) is 0 Å². The standard InChI is InChI=1S/C12H19N3O/c1-9(2)13-7-8-15-12(16)11-10(3)5-4-6-14-11/h4-6,9,13H,7-8H2,1-3H3,(H,15,16). The molecule has 0 aliphatic carbocycles. The quantitative estimate of drug-likeness (QED) is 0.733. The first-order chi connectivity index (χ1) is 7.61. The second-order valence-corrected chi connectivity index (χ2v) is 4.03. The molecule has 1 rings (SSSR count). The van der Waals surface area contributed by atoms with Gasteiger partial charge in [0, 0.05) is 25.3 Å². The van der Waals surface area contributed by atoms with E-state index in [4.69, 9.17) is 0 Å². The molecule has 0 aromatic carbocycles. The SMILES string of the molecule is Cc1cccnc1C(=O)NCCNC(C)C. The normalized spacial score (nSPS) is 10.5. The molecule has 0 saturated carbocycles. The molecule has 2 N–H and O–H groups in total. The van der Waals surface area contributed by atoms with Crippen LogP contribution < -0.4 is 10.6 Å². The van der Waals surface area contributed by atoms with E-state index in [1.807, 2.05) is 19.1 Å². The van der Waals surface area contributed by atoms with Gasteiger partial charge >= 0.3 is 0 Å². The Labute approximate surface area is 96.5 Å². The molecule has 0 fully saturated rings. The van der Waals surface area contributed by atoms with Crippen LogP contribution in [0.4, 0.5) is 0 Å². The molecular weight excluding hydrogens is 202 g/mol. The lowest BCUT2D eigenvalue weighted by Crippen LogP contribution is -2.35. The number of hydrogen-bond acceptors (Lipinski definition) is 3. The van der Waals surface area contributed by atoms with Crippen LogP contribution in [0.5, 0.6) is 0 Å². The summed E-state index contributed by atoms with van der Waals surface area (Å²) >= 11 is 0. The second-order valence-electron chi connectivity index (χ2n) is 4.03. The van der Waals surface area contributed by atoms with Crippen molar-refractivity contribution in [1.29, 1.82) is 0 Å². The monoisotopic (exact) mass is 221 g/mol. The number of amides is 1. The van der Waals surface area contributed by atoms with Gasteiger partial charge in [0.15, 0.2) is 0 Å². The molecular formula is C12H19N3O. The van der Waals surface area contributed by atoms with Gasteiger partial charge in [0.25, 0.3) is 5.91 Å². The zero-order valence-corrected chi connectivity index (χ0v) is 10.1. The van der Waals surface area contributed by atoms with E-state index in [1.54, 1.807) is 6.20 Å². The number of rotatable bonds is 5. The van der Waals surface area contributed by atoms with Crippen molar-refractivity contribution in [3.05, 3.63) is 29.6 Å². The number of carbonyl (C=O) groups is 1. The van der Waals surface area contributed by atoms with Gasteiger partial charge in [0.2, 0.25) is 0 Å². The van der Waals surface area contributed by atoms with Gasteiger partial charge in [-0.25, -0.2) is 0 Å². The lowest BCUT2D eigenvalue weighted by atomic mass is 10.2.